The first kappa shape index (κ1) is 21.0. The average molecular weight is 420 g/mol. The fraction of sp³-hybridized carbons (Fsp3) is 0.350. The Bertz CT molecular complexity index is 886. The fourth-order valence-electron chi connectivity index (χ4n) is 3.33. The average Bonchev–Trinajstić information content (AvgIpc) is 2.74. The summed E-state index contributed by atoms with van der Waals surface area (Å²) in [5, 5.41) is 14.8. The Balaban J connectivity index is 1.82. The molecular formula is C20H22ClN3O5. The van der Waals surface area contributed by atoms with Crippen LogP contribution in [0.4, 0.5) is 5.69 Å². The van der Waals surface area contributed by atoms with Crippen molar-refractivity contribution in [2.45, 2.75) is 6.04 Å². The summed E-state index contributed by atoms with van der Waals surface area (Å²) in [6.45, 7) is 2.91. The molecular weight excluding hydrogens is 398 g/mol. The summed E-state index contributed by atoms with van der Waals surface area (Å²) in [6, 6.07) is 11.4. The topological polar surface area (TPSA) is 93.9 Å². The Hall–Kier alpha value is -2.68. The second-order valence-corrected chi connectivity index (χ2v) is 7.01. The molecule has 0 bridgehead atoms. The van der Waals surface area contributed by atoms with Crippen LogP contribution in [0.15, 0.2) is 42.5 Å². The molecule has 3 rings (SSSR count). The van der Waals surface area contributed by atoms with Crippen LogP contribution in [0.5, 0.6) is 5.75 Å². The van der Waals surface area contributed by atoms with E-state index in [1.165, 1.54) is 25.3 Å². The van der Waals surface area contributed by atoms with E-state index >= 15 is 0 Å². The van der Waals surface area contributed by atoms with Crippen LogP contribution in [0.1, 0.15) is 22.0 Å². The van der Waals surface area contributed by atoms with Crippen molar-refractivity contribution in [3.63, 3.8) is 0 Å². The molecule has 1 atom stereocenters. The van der Waals surface area contributed by atoms with Crippen LogP contribution in [-0.4, -0.2) is 55.7 Å². The summed E-state index contributed by atoms with van der Waals surface area (Å²) in [4.78, 5) is 25.7. The van der Waals surface area contributed by atoms with Gasteiger partial charge in [-0.05, 0) is 29.8 Å². The SMILES string of the molecule is COc1ccc([N+](=O)[O-])c(C(=O)NCC(c2cccc(Cl)c2)N2CCOCC2)c1. The van der Waals surface area contributed by atoms with Crippen molar-refractivity contribution in [3.8, 4) is 5.75 Å². The summed E-state index contributed by atoms with van der Waals surface area (Å²) in [5.41, 5.74) is 0.648. The van der Waals surface area contributed by atoms with E-state index in [1.54, 1.807) is 6.07 Å². The number of amides is 1. The van der Waals surface area contributed by atoms with E-state index in [9.17, 15) is 14.9 Å². The Kier molecular flexibility index (Phi) is 7.03. The first-order valence-electron chi connectivity index (χ1n) is 9.17. The molecule has 1 N–H and O–H groups in total. The number of methoxy groups -OCH3 is 1. The minimum atomic E-state index is -0.579. The van der Waals surface area contributed by atoms with Crippen LogP contribution < -0.4 is 10.1 Å². The molecule has 1 amide bonds. The molecule has 2 aromatic rings. The third kappa shape index (κ3) is 5.23. The lowest BCUT2D eigenvalue weighted by atomic mass is 10.0. The molecule has 1 aliphatic heterocycles. The lowest BCUT2D eigenvalue weighted by Crippen LogP contribution is -2.43. The van der Waals surface area contributed by atoms with Crippen LogP contribution in [-0.2, 0) is 4.74 Å². The van der Waals surface area contributed by atoms with Crippen molar-refractivity contribution >= 4 is 23.2 Å². The molecule has 0 radical (unpaired) electrons. The van der Waals surface area contributed by atoms with Gasteiger partial charge in [0.25, 0.3) is 11.6 Å². The standard InChI is InChI=1S/C20H22ClN3O5/c1-28-16-5-6-18(24(26)27)17(12-16)20(25)22-13-19(23-7-9-29-10-8-23)14-3-2-4-15(21)11-14/h2-6,11-12,19H,7-10,13H2,1H3,(H,22,25). The highest BCUT2D eigenvalue weighted by molar-refractivity contribution is 6.30. The minimum absolute atomic E-state index is 0.0406. The van der Waals surface area contributed by atoms with Crippen LogP contribution in [0.2, 0.25) is 5.02 Å². The maximum Gasteiger partial charge on any atom is 0.282 e. The summed E-state index contributed by atoms with van der Waals surface area (Å²) in [5.74, 6) is -0.156. The summed E-state index contributed by atoms with van der Waals surface area (Å²) in [7, 11) is 1.44. The van der Waals surface area contributed by atoms with Gasteiger partial charge in [-0.2, -0.15) is 0 Å². The molecule has 1 unspecified atom stereocenters. The van der Waals surface area contributed by atoms with Crippen molar-refractivity contribution in [1.29, 1.82) is 0 Å². The first-order valence-corrected chi connectivity index (χ1v) is 9.55. The van der Waals surface area contributed by atoms with Crippen molar-refractivity contribution in [1.82, 2.24) is 10.2 Å². The van der Waals surface area contributed by atoms with Crippen molar-refractivity contribution < 1.29 is 19.2 Å². The molecule has 9 heteroatoms. The van der Waals surface area contributed by atoms with Gasteiger partial charge in [-0.1, -0.05) is 23.7 Å². The molecule has 1 heterocycles. The van der Waals surface area contributed by atoms with E-state index in [0.29, 0.717) is 37.1 Å². The minimum Gasteiger partial charge on any atom is -0.497 e. The number of carbonyl (C=O) groups excluding carboxylic acids is 1. The van der Waals surface area contributed by atoms with Gasteiger partial charge in [0.2, 0.25) is 0 Å². The molecule has 2 aromatic carbocycles. The smallest absolute Gasteiger partial charge is 0.282 e. The van der Waals surface area contributed by atoms with Crippen molar-refractivity contribution in [2.75, 3.05) is 40.0 Å². The largest absolute Gasteiger partial charge is 0.497 e. The number of halogens is 1. The fourth-order valence-corrected chi connectivity index (χ4v) is 3.53. The second kappa shape index (κ2) is 9.69. The predicted octanol–water partition coefficient (Wildman–Crippen LogP) is 3.06. The highest BCUT2D eigenvalue weighted by atomic mass is 35.5. The number of nitrogens with one attached hydrogen (secondary N) is 1. The number of carbonyl (C=O) groups is 1. The molecule has 154 valence electrons. The molecule has 29 heavy (non-hydrogen) atoms. The highest BCUT2D eigenvalue weighted by Crippen LogP contribution is 2.26. The van der Waals surface area contributed by atoms with Crippen LogP contribution in [0.3, 0.4) is 0 Å². The van der Waals surface area contributed by atoms with E-state index in [1.807, 2.05) is 18.2 Å². The number of hydrogen-bond donors (Lipinski definition) is 1. The zero-order chi connectivity index (χ0) is 20.8. The molecule has 0 spiro atoms. The Morgan fingerprint density at radius 2 is 2.07 bits per heavy atom. The lowest BCUT2D eigenvalue weighted by Gasteiger charge is -2.35. The maximum absolute atomic E-state index is 12.8. The third-order valence-electron chi connectivity index (χ3n) is 4.82. The van der Waals surface area contributed by atoms with Gasteiger partial charge in [0.05, 0.1) is 31.3 Å². The van der Waals surface area contributed by atoms with Gasteiger partial charge in [-0.25, -0.2) is 0 Å². The van der Waals surface area contributed by atoms with Crippen LogP contribution in [0, 0.1) is 10.1 Å². The Morgan fingerprint density at radius 3 is 2.72 bits per heavy atom. The van der Waals surface area contributed by atoms with Crippen molar-refractivity contribution in [2.24, 2.45) is 0 Å². The number of nitrogens with zero attached hydrogens (tertiary/aromatic N) is 2. The zero-order valence-electron chi connectivity index (χ0n) is 16.0. The van der Waals surface area contributed by atoms with Crippen LogP contribution in [0.25, 0.3) is 0 Å². The van der Waals surface area contributed by atoms with Crippen molar-refractivity contribution in [3.05, 3.63) is 68.7 Å². The van der Waals surface area contributed by atoms with E-state index < -0.39 is 10.8 Å². The van der Waals surface area contributed by atoms with Gasteiger partial charge in [0, 0.05) is 30.7 Å². The molecule has 0 aromatic heterocycles. The number of ether oxygens (including phenoxy) is 2. The summed E-state index contributed by atoms with van der Waals surface area (Å²) >= 11 is 6.16. The Morgan fingerprint density at radius 1 is 1.31 bits per heavy atom. The van der Waals surface area contributed by atoms with E-state index in [0.717, 1.165) is 5.56 Å². The highest BCUT2D eigenvalue weighted by Gasteiger charge is 2.26. The molecule has 8 nitrogen and oxygen atoms in total. The number of nitro benzene ring substituents is 1. The molecule has 0 saturated carbocycles. The van der Waals surface area contributed by atoms with E-state index in [4.69, 9.17) is 21.1 Å². The van der Waals surface area contributed by atoms with E-state index in [2.05, 4.69) is 10.2 Å². The normalized spacial score (nSPS) is 15.5. The van der Waals surface area contributed by atoms with Gasteiger partial charge >= 0.3 is 0 Å². The predicted molar refractivity (Wildman–Crippen MR) is 109 cm³/mol. The quantitative estimate of drug-likeness (QED) is 0.547. The molecule has 1 aliphatic rings. The van der Waals surface area contributed by atoms with Crippen LogP contribution >= 0.6 is 11.6 Å². The van der Waals surface area contributed by atoms with E-state index in [-0.39, 0.29) is 23.8 Å². The molecule has 1 saturated heterocycles. The van der Waals surface area contributed by atoms with Gasteiger partial charge < -0.3 is 14.8 Å². The summed E-state index contributed by atoms with van der Waals surface area (Å²) < 4.78 is 10.5. The number of hydrogen-bond acceptors (Lipinski definition) is 6. The third-order valence-corrected chi connectivity index (χ3v) is 5.06. The number of rotatable bonds is 7. The van der Waals surface area contributed by atoms with Gasteiger partial charge in [0.1, 0.15) is 11.3 Å². The Labute approximate surface area is 173 Å². The number of nitro groups is 1. The first-order chi connectivity index (χ1) is 14.0. The lowest BCUT2D eigenvalue weighted by molar-refractivity contribution is -0.385. The second-order valence-electron chi connectivity index (χ2n) is 6.57. The van der Waals surface area contributed by atoms with Gasteiger partial charge in [-0.3, -0.25) is 19.8 Å². The van der Waals surface area contributed by atoms with Gasteiger partial charge in [0.15, 0.2) is 0 Å². The maximum atomic E-state index is 12.8. The van der Waals surface area contributed by atoms with Gasteiger partial charge in [-0.15, -0.1) is 0 Å². The number of morpholine rings is 1. The molecule has 0 aliphatic carbocycles. The number of benzene rings is 2. The zero-order valence-corrected chi connectivity index (χ0v) is 16.7. The summed E-state index contributed by atoms with van der Waals surface area (Å²) in [6.07, 6.45) is 0. The monoisotopic (exact) mass is 419 g/mol. The molecule has 1 fully saturated rings.